The number of carbonyl (C=O) groups is 4. The van der Waals surface area contributed by atoms with E-state index in [1.54, 1.807) is 16.8 Å². The number of para-hydroxylation sites is 2. The maximum Gasteiger partial charge on any atom is 0.355 e. The molecular formula is C56H57F2N9O6S. The number of anilines is 3. The molecule has 382 valence electrons. The Balaban J connectivity index is 0.690. The molecule has 74 heavy (non-hydrogen) atoms. The number of pyridine rings is 1. The number of alkyl halides is 2. The van der Waals surface area contributed by atoms with Gasteiger partial charge in [-0.25, -0.2) is 23.5 Å². The van der Waals surface area contributed by atoms with Gasteiger partial charge in [-0.1, -0.05) is 59.9 Å². The average Bonchev–Trinajstić information content (AvgIpc) is 3.97. The van der Waals surface area contributed by atoms with Crippen molar-refractivity contribution in [3.63, 3.8) is 0 Å². The van der Waals surface area contributed by atoms with Gasteiger partial charge in [-0.3, -0.25) is 34.6 Å². The molecule has 11 rings (SSSR count). The second-order valence-electron chi connectivity index (χ2n) is 20.1. The van der Waals surface area contributed by atoms with E-state index in [4.69, 9.17) is 14.8 Å². The number of aromatic carboxylic acids is 1. The zero-order chi connectivity index (χ0) is 51.3. The molecule has 3 fully saturated rings. The largest absolute Gasteiger partial charge is 0.490 e. The molecule has 1 aliphatic carbocycles. The van der Waals surface area contributed by atoms with Gasteiger partial charge in [0.2, 0.25) is 11.8 Å². The highest BCUT2D eigenvalue weighted by molar-refractivity contribution is 7.22. The Hall–Kier alpha value is -7.31. The van der Waals surface area contributed by atoms with E-state index in [0.717, 1.165) is 43.5 Å². The first-order valence-electron chi connectivity index (χ1n) is 25.4. The summed E-state index contributed by atoms with van der Waals surface area (Å²) in [6.45, 7) is 4.67. The number of halogens is 2. The van der Waals surface area contributed by atoms with Crippen LogP contribution in [0.3, 0.4) is 0 Å². The standard InChI is InChI=1S/C56H57F2N9O6S/c1-33-37(38-20-22-47(60-50(38)54(71)72)67-25-24-35-8-5-10-39(42(35)31-67)52(69)62-55-59-43-12-3-4-15-46(43)74-55)9-7-14-45(33)73-36-18-16-34(17-19-36)30-56(57,58)32-65-26-28-66(29-27-65)44-13-6-11-40-49(63-64(2)51(40)44)41-21-23-48(68)61-53(41)70/h3-15,20,22,34,36,41H,16-19,21,23-32H2,1-2H3,(H,71,72)(H,59,62,69)(H,61,68,70). The van der Waals surface area contributed by atoms with Gasteiger partial charge in [0.25, 0.3) is 11.8 Å². The number of aryl methyl sites for hydroxylation is 1. The van der Waals surface area contributed by atoms with E-state index in [-0.39, 0.29) is 54.8 Å². The zero-order valence-electron chi connectivity index (χ0n) is 41.3. The van der Waals surface area contributed by atoms with Crippen LogP contribution < -0.4 is 25.2 Å². The summed E-state index contributed by atoms with van der Waals surface area (Å²) in [6, 6.07) is 28.5. The molecule has 18 heteroatoms. The summed E-state index contributed by atoms with van der Waals surface area (Å²) in [5.74, 6) is -4.42. The fraction of sp³-hybridized carbons (Fsp3) is 0.375. The van der Waals surface area contributed by atoms with E-state index in [1.165, 1.54) is 11.3 Å². The molecule has 4 aromatic carbocycles. The Morgan fingerprint density at radius 2 is 1.64 bits per heavy atom. The maximum absolute atomic E-state index is 15.8. The van der Waals surface area contributed by atoms with Crippen molar-refractivity contribution in [3.05, 3.63) is 125 Å². The van der Waals surface area contributed by atoms with Crippen LogP contribution in [0, 0.1) is 12.8 Å². The topological polar surface area (TPSA) is 175 Å². The fourth-order valence-electron chi connectivity index (χ4n) is 11.5. The minimum atomic E-state index is -2.86. The number of hydrogen-bond donors (Lipinski definition) is 3. The molecule has 1 saturated carbocycles. The van der Waals surface area contributed by atoms with E-state index < -0.39 is 17.8 Å². The van der Waals surface area contributed by atoms with Crippen molar-refractivity contribution in [2.75, 3.05) is 54.4 Å². The number of nitrogens with zero attached hydrogens (tertiary/aromatic N) is 7. The molecule has 2 saturated heterocycles. The summed E-state index contributed by atoms with van der Waals surface area (Å²) in [7, 11) is 1.84. The van der Waals surface area contributed by atoms with Crippen molar-refractivity contribution in [2.24, 2.45) is 13.0 Å². The van der Waals surface area contributed by atoms with Crippen molar-refractivity contribution in [1.82, 2.24) is 30.0 Å². The molecule has 1 atom stereocenters. The van der Waals surface area contributed by atoms with Gasteiger partial charge in [0, 0.05) is 75.7 Å². The highest BCUT2D eigenvalue weighted by Crippen LogP contribution is 2.40. The van der Waals surface area contributed by atoms with Crippen molar-refractivity contribution in [2.45, 2.75) is 82.8 Å². The van der Waals surface area contributed by atoms with Crippen LogP contribution in [-0.2, 0) is 29.6 Å². The number of piperidine rings is 1. The number of amides is 3. The van der Waals surface area contributed by atoms with Gasteiger partial charge in [-0.05, 0) is 116 Å². The average molecular weight is 1020 g/mol. The zero-order valence-corrected chi connectivity index (χ0v) is 42.1. The summed E-state index contributed by atoms with van der Waals surface area (Å²) >= 11 is 1.41. The van der Waals surface area contributed by atoms with E-state index in [1.807, 2.05) is 103 Å². The lowest BCUT2D eigenvalue weighted by molar-refractivity contribution is -0.134. The molecule has 3 aromatic heterocycles. The van der Waals surface area contributed by atoms with Gasteiger partial charge >= 0.3 is 5.97 Å². The van der Waals surface area contributed by atoms with Crippen LogP contribution in [-0.4, -0.2) is 105 Å². The van der Waals surface area contributed by atoms with Crippen LogP contribution in [0.15, 0.2) is 91.0 Å². The number of hydrogen-bond acceptors (Lipinski definition) is 12. The van der Waals surface area contributed by atoms with Crippen LogP contribution in [0.5, 0.6) is 5.75 Å². The van der Waals surface area contributed by atoms with E-state index in [9.17, 15) is 24.3 Å². The number of carboxylic acids is 1. The predicted octanol–water partition coefficient (Wildman–Crippen LogP) is 9.37. The smallest absolute Gasteiger partial charge is 0.355 e. The Morgan fingerprint density at radius 3 is 2.42 bits per heavy atom. The second kappa shape index (κ2) is 20.2. The molecular weight excluding hydrogens is 965 g/mol. The molecule has 15 nitrogen and oxygen atoms in total. The Labute approximate surface area is 430 Å². The van der Waals surface area contributed by atoms with E-state index in [2.05, 4.69) is 20.5 Å². The number of ether oxygens (including phenoxy) is 1. The Morgan fingerprint density at radius 1 is 0.851 bits per heavy atom. The molecule has 1 unspecified atom stereocenters. The number of rotatable bonds is 13. The lowest BCUT2D eigenvalue weighted by Gasteiger charge is -2.38. The lowest BCUT2D eigenvalue weighted by atomic mass is 9.83. The first kappa shape index (κ1) is 48.9. The Kier molecular flexibility index (Phi) is 13.3. The summed E-state index contributed by atoms with van der Waals surface area (Å²) in [6.07, 6.45) is 3.48. The van der Waals surface area contributed by atoms with E-state index >= 15 is 8.78 Å². The number of imide groups is 1. The van der Waals surface area contributed by atoms with Gasteiger partial charge in [0.1, 0.15) is 11.6 Å². The predicted molar refractivity (Wildman–Crippen MR) is 281 cm³/mol. The number of aromatic nitrogens is 4. The third kappa shape index (κ3) is 9.91. The number of benzene rings is 4. The number of nitrogens with one attached hydrogen (secondary N) is 2. The summed E-state index contributed by atoms with van der Waals surface area (Å²) in [4.78, 5) is 66.4. The number of carbonyl (C=O) groups excluding carboxylic acids is 3. The second-order valence-corrected chi connectivity index (χ2v) is 21.2. The van der Waals surface area contributed by atoms with Gasteiger partial charge in [0.05, 0.1) is 45.7 Å². The van der Waals surface area contributed by atoms with Crippen LogP contribution in [0.4, 0.5) is 25.4 Å². The van der Waals surface area contributed by atoms with Crippen LogP contribution >= 0.6 is 11.3 Å². The quantitative estimate of drug-likeness (QED) is 0.0936. The monoisotopic (exact) mass is 1020 g/mol. The minimum Gasteiger partial charge on any atom is -0.490 e. The number of thiazole rings is 1. The molecule has 7 aromatic rings. The van der Waals surface area contributed by atoms with Gasteiger partial charge in [0.15, 0.2) is 10.8 Å². The molecule has 4 aliphatic rings. The third-order valence-electron chi connectivity index (χ3n) is 15.3. The molecule has 0 bridgehead atoms. The number of carboxylic acid groups (broad SMARTS) is 1. The molecule has 6 heterocycles. The van der Waals surface area contributed by atoms with Crippen LogP contribution in [0.1, 0.15) is 94.1 Å². The molecule has 3 amide bonds. The third-order valence-corrected chi connectivity index (χ3v) is 16.2. The lowest BCUT2D eigenvalue weighted by Crippen LogP contribution is -2.50. The van der Waals surface area contributed by atoms with Gasteiger partial charge in [-0.2, -0.15) is 5.10 Å². The molecule has 0 spiro atoms. The highest BCUT2D eigenvalue weighted by Gasteiger charge is 2.38. The molecule has 0 radical (unpaired) electrons. The van der Waals surface area contributed by atoms with Crippen molar-refractivity contribution >= 4 is 72.8 Å². The van der Waals surface area contributed by atoms with E-state index in [0.29, 0.717) is 117 Å². The minimum absolute atomic E-state index is 0.0943. The van der Waals surface area contributed by atoms with Gasteiger partial charge < -0.3 is 19.6 Å². The normalized spacial score (nSPS) is 19.6. The maximum atomic E-state index is 15.8. The van der Waals surface area contributed by atoms with Gasteiger partial charge in [-0.15, -0.1) is 0 Å². The van der Waals surface area contributed by atoms with Crippen LogP contribution in [0.25, 0.3) is 32.2 Å². The van der Waals surface area contributed by atoms with Crippen molar-refractivity contribution in [1.29, 1.82) is 0 Å². The number of fused-ring (bicyclic) bond motifs is 3. The summed E-state index contributed by atoms with van der Waals surface area (Å²) in [5, 5.41) is 22.0. The molecule has 3 aliphatic heterocycles. The number of piperazine rings is 1. The van der Waals surface area contributed by atoms with Crippen LogP contribution in [0.2, 0.25) is 0 Å². The van der Waals surface area contributed by atoms with Crippen molar-refractivity contribution < 1.29 is 37.8 Å². The van der Waals surface area contributed by atoms with Crippen molar-refractivity contribution in [3.8, 4) is 16.9 Å². The summed E-state index contributed by atoms with van der Waals surface area (Å²) < 4.78 is 40.9. The Bertz CT molecular complexity index is 3290. The fourth-order valence-corrected chi connectivity index (χ4v) is 12.4. The first-order valence-corrected chi connectivity index (χ1v) is 26.2. The molecule has 3 N–H and O–H groups in total. The highest BCUT2D eigenvalue weighted by atomic mass is 32.1. The summed E-state index contributed by atoms with van der Waals surface area (Å²) in [5.41, 5.74) is 7.54. The SMILES string of the molecule is Cc1c(OC2CCC(CC(F)(F)CN3CCN(c4cccc5c(C6CCC(=O)NC6=O)nn(C)c45)CC3)CC2)cccc1-c1ccc(N2CCc3cccc(C(=O)Nc4nc5ccccc5s4)c3C2)nc1C(=O)O. The first-order chi connectivity index (χ1) is 35.7.